The molecule has 0 radical (unpaired) electrons. The fourth-order valence-corrected chi connectivity index (χ4v) is 4.43. The molecule has 2 unspecified atom stereocenters. The number of piperidine rings is 1. The lowest BCUT2D eigenvalue weighted by molar-refractivity contribution is -0.376. The Labute approximate surface area is 229 Å². The summed E-state index contributed by atoms with van der Waals surface area (Å²) in [4.78, 5) is 21.7. The molecule has 0 saturated carbocycles. The van der Waals surface area contributed by atoms with Crippen molar-refractivity contribution in [2.24, 2.45) is 5.73 Å². The Morgan fingerprint density at radius 3 is 2.29 bits per heavy atom. The highest BCUT2D eigenvalue weighted by Crippen LogP contribution is 2.50. The number of β-amino-alcohol motifs (C(OH)–C–C–N with tert-alkyl or cyclic N) is 1. The van der Waals surface area contributed by atoms with Crippen LogP contribution in [0.25, 0.3) is 0 Å². The van der Waals surface area contributed by atoms with Gasteiger partial charge in [-0.05, 0) is 18.9 Å². The zero-order valence-corrected chi connectivity index (χ0v) is 21.7. The van der Waals surface area contributed by atoms with Crippen molar-refractivity contribution in [2.75, 3.05) is 42.9 Å². The number of anilines is 2. The van der Waals surface area contributed by atoms with Gasteiger partial charge >= 0.3 is 12.4 Å². The average Bonchev–Trinajstić information content (AvgIpc) is 2.87. The van der Waals surface area contributed by atoms with Gasteiger partial charge in [0.05, 0.1) is 12.6 Å². The maximum absolute atomic E-state index is 15.4. The third kappa shape index (κ3) is 6.79. The summed E-state index contributed by atoms with van der Waals surface area (Å²) in [7, 11) is 0. The molecule has 1 aromatic carbocycles. The molecule has 2 atom stereocenters. The number of carbonyl (C=O) groups is 1. The van der Waals surface area contributed by atoms with Crippen molar-refractivity contribution < 1.29 is 50.8 Å². The third-order valence-corrected chi connectivity index (χ3v) is 6.87. The number of hydrogen-bond donors (Lipinski definition) is 5. The van der Waals surface area contributed by atoms with E-state index in [2.05, 4.69) is 15.3 Å². The van der Waals surface area contributed by atoms with Gasteiger partial charge in [0.15, 0.2) is 11.6 Å². The number of hydrogen-bond acceptors (Lipinski definition) is 9. The summed E-state index contributed by atoms with van der Waals surface area (Å²) >= 11 is 0. The number of rotatable bonds is 10. The second-order valence-corrected chi connectivity index (χ2v) is 9.70. The van der Waals surface area contributed by atoms with Gasteiger partial charge in [-0.15, -0.1) is 0 Å². The number of nitrogens with zero attached hydrogens (tertiary/aromatic N) is 4. The largest absolute Gasteiger partial charge is 0.430 e. The normalized spacial score (nSPS) is 20.6. The van der Waals surface area contributed by atoms with Crippen LogP contribution in [0.1, 0.15) is 24.5 Å². The lowest BCUT2D eigenvalue weighted by atomic mass is 9.88. The zero-order chi connectivity index (χ0) is 30.8. The number of halogens is 7. The van der Waals surface area contributed by atoms with E-state index in [4.69, 9.17) is 5.73 Å². The number of amides is 1. The van der Waals surface area contributed by atoms with Crippen molar-refractivity contribution in [1.29, 1.82) is 0 Å². The second kappa shape index (κ2) is 11.9. The van der Waals surface area contributed by atoms with Gasteiger partial charge in [0.1, 0.15) is 11.9 Å². The van der Waals surface area contributed by atoms with Gasteiger partial charge in [-0.2, -0.15) is 30.7 Å². The lowest BCUT2D eigenvalue weighted by Crippen LogP contribution is -2.59. The monoisotopic (exact) mass is 598 g/mol. The van der Waals surface area contributed by atoms with Crippen LogP contribution < -0.4 is 16.0 Å². The standard InChI is InChI=1S/C24H29F7N6O4/c1-2-37(9-14-3-5-15(6-4-14)22(41,23(26,27)28)24(29,30)31)20-18(25)19(34-13-35-20)33-12-21(40)7-8-36(10-16(21)38)11-17(32)39/h3-6,13,16,38,40-41H,2,7-12H2,1H3,(H2,32,39)(H,33,34,35). The number of primary amides is 1. The quantitative estimate of drug-likeness (QED) is 0.258. The molecule has 1 aliphatic rings. The molecular formula is C24H29F7N6O4. The van der Waals surface area contributed by atoms with Crippen LogP contribution >= 0.6 is 0 Å². The van der Waals surface area contributed by atoms with Gasteiger partial charge in [0, 0.05) is 38.3 Å². The molecule has 10 nitrogen and oxygen atoms in total. The highest BCUT2D eigenvalue weighted by molar-refractivity contribution is 5.75. The summed E-state index contributed by atoms with van der Waals surface area (Å²) in [6.07, 6.45) is -12.3. The van der Waals surface area contributed by atoms with Crippen molar-refractivity contribution in [3.8, 4) is 0 Å². The summed E-state index contributed by atoms with van der Waals surface area (Å²) in [6.45, 7) is 1.30. The minimum atomic E-state index is -6.03. The van der Waals surface area contributed by atoms with Crippen LogP contribution in [0.5, 0.6) is 0 Å². The molecule has 0 spiro atoms. The smallest absolute Gasteiger partial charge is 0.389 e. The van der Waals surface area contributed by atoms with E-state index in [9.17, 15) is 46.5 Å². The number of nitrogens with two attached hydrogens (primary N) is 1. The Kier molecular flexibility index (Phi) is 9.36. The average molecular weight is 599 g/mol. The highest BCUT2D eigenvalue weighted by Gasteiger charge is 2.71. The zero-order valence-electron chi connectivity index (χ0n) is 21.7. The van der Waals surface area contributed by atoms with Gasteiger partial charge in [0.2, 0.25) is 11.7 Å². The Morgan fingerprint density at radius 1 is 1.17 bits per heavy atom. The van der Waals surface area contributed by atoms with E-state index in [0.717, 1.165) is 18.5 Å². The molecule has 17 heteroatoms. The number of likely N-dealkylation sites (tertiary alicyclic amines) is 1. The predicted molar refractivity (Wildman–Crippen MR) is 131 cm³/mol. The summed E-state index contributed by atoms with van der Waals surface area (Å²) in [5.41, 5.74) is -2.84. The Morgan fingerprint density at radius 2 is 1.78 bits per heavy atom. The molecule has 1 aromatic heterocycles. The minimum absolute atomic E-state index is 0.0306. The Hall–Kier alpha value is -3.28. The summed E-state index contributed by atoms with van der Waals surface area (Å²) in [5, 5.41) is 33.4. The maximum atomic E-state index is 15.4. The fraction of sp³-hybridized carbons (Fsp3) is 0.542. The van der Waals surface area contributed by atoms with Crippen molar-refractivity contribution >= 4 is 17.5 Å². The predicted octanol–water partition coefficient (Wildman–Crippen LogP) is 1.65. The molecule has 6 N–H and O–H groups in total. The van der Waals surface area contributed by atoms with E-state index >= 15 is 4.39 Å². The van der Waals surface area contributed by atoms with Crippen LogP contribution in [-0.2, 0) is 16.9 Å². The summed E-state index contributed by atoms with van der Waals surface area (Å²) in [5.74, 6) is -2.14. The van der Waals surface area contributed by atoms with Crippen LogP contribution in [0, 0.1) is 5.82 Å². The Bertz CT molecular complexity index is 1200. The van der Waals surface area contributed by atoms with Gasteiger partial charge in [0.25, 0.3) is 5.60 Å². The number of nitrogens with one attached hydrogen (secondary N) is 1. The first kappa shape index (κ1) is 32.2. The van der Waals surface area contributed by atoms with Gasteiger partial charge in [-0.3, -0.25) is 9.69 Å². The van der Waals surface area contributed by atoms with E-state index in [0.29, 0.717) is 12.1 Å². The molecule has 1 amide bonds. The number of carbonyl (C=O) groups excluding carboxylic acids is 1. The number of alkyl halides is 6. The minimum Gasteiger partial charge on any atom is -0.389 e. The maximum Gasteiger partial charge on any atom is 0.430 e. The second-order valence-electron chi connectivity index (χ2n) is 9.70. The van der Waals surface area contributed by atoms with E-state index < -0.39 is 46.9 Å². The van der Waals surface area contributed by atoms with Gasteiger partial charge in [-0.25, -0.2) is 9.97 Å². The number of benzene rings is 1. The molecule has 228 valence electrons. The molecule has 0 aliphatic carbocycles. The topological polar surface area (TPSA) is 148 Å². The van der Waals surface area contributed by atoms with E-state index in [1.165, 1.54) is 4.90 Å². The van der Waals surface area contributed by atoms with Gasteiger partial charge < -0.3 is 31.3 Å². The molecule has 2 aromatic rings. The molecular weight excluding hydrogens is 569 g/mol. The SMILES string of the molecule is CCN(Cc1ccc(C(O)(C(F)(F)F)C(F)(F)F)cc1)c1ncnc(NCC2(O)CCN(CC(N)=O)CC2O)c1F. The molecule has 1 saturated heterocycles. The van der Waals surface area contributed by atoms with Crippen LogP contribution in [0.3, 0.4) is 0 Å². The molecule has 41 heavy (non-hydrogen) atoms. The first-order valence-corrected chi connectivity index (χ1v) is 12.3. The van der Waals surface area contributed by atoms with E-state index in [1.807, 2.05) is 0 Å². The van der Waals surface area contributed by atoms with Crippen molar-refractivity contribution in [3.63, 3.8) is 0 Å². The highest BCUT2D eigenvalue weighted by atomic mass is 19.4. The molecule has 0 bridgehead atoms. The molecule has 3 rings (SSSR count). The number of aromatic nitrogens is 2. The lowest BCUT2D eigenvalue weighted by Gasteiger charge is -2.41. The van der Waals surface area contributed by atoms with E-state index in [1.54, 1.807) is 11.8 Å². The first-order chi connectivity index (χ1) is 18.9. The summed E-state index contributed by atoms with van der Waals surface area (Å²) < 4.78 is 94.3. The van der Waals surface area contributed by atoms with Crippen LogP contribution in [0.4, 0.5) is 42.4 Å². The van der Waals surface area contributed by atoms with Crippen LogP contribution in [0.15, 0.2) is 30.6 Å². The first-order valence-electron chi connectivity index (χ1n) is 12.3. The van der Waals surface area contributed by atoms with Crippen molar-refractivity contribution in [2.45, 2.75) is 49.5 Å². The summed E-state index contributed by atoms with van der Waals surface area (Å²) in [6, 6.07) is 2.88. The number of aliphatic hydroxyl groups is 3. The molecule has 1 aliphatic heterocycles. The molecule has 2 heterocycles. The fourth-order valence-electron chi connectivity index (χ4n) is 4.43. The van der Waals surface area contributed by atoms with Gasteiger partial charge in [-0.1, -0.05) is 24.3 Å². The van der Waals surface area contributed by atoms with Crippen molar-refractivity contribution in [3.05, 3.63) is 47.5 Å². The number of aliphatic hydroxyl groups excluding tert-OH is 1. The van der Waals surface area contributed by atoms with Crippen LogP contribution in [0.2, 0.25) is 0 Å². The third-order valence-electron chi connectivity index (χ3n) is 6.87. The Balaban J connectivity index is 1.75. The van der Waals surface area contributed by atoms with Crippen LogP contribution in [-0.4, -0.2) is 92.9 Å². The van der Waals surface area contributed by atoms with E-state index in [-0.39, 0.29) is 62.9 Å². The molecule has 1 fully saturated rings. The van der Waals surface area contributed by atoms with Crippen molar-refractivity contribution in [1.82, 2.24) is 14.9 Å².